The molecule has 114 valence electrons. The number of ether oxygens (including phenoxy) is 1. The summed E-state index contributed by atoms with van der Waals surface area (Å²) in [7, 11) is 1.64. The van der Waals surface area contributed by atoms with Crippen molar-refractivity contribution in [1.82, 2.24) is 20.2 Å². The molecule has 2 heterocycles. The number of nitrogens with one attached hydrogen (secondary N) is 1. The Morgan fingerprint density at radius 2 is 2.23 bits per heavy atom. The van der Waals surface area contributed by atoms with Crippen molar-refractivity contribution >= 4 is 39.1 Å². The monoisotopic (exact) mass is 337 g/mol. The molecule has 0 spiro atoms. The van der Waals surface area contributed by atoms with Crippen molar-refractivity contribution in [2.45, 2.75) is 9.37 Å². The second-order valence-electron chi connectivity index (χ2n) is 4.24. The van der Waals surface area contributed by atoms with Gasteiger partial charge in [0.2, 0.25) is 5.13 Å². The van der Waals surface area contributed by atoms with Gasteiger partial charge in [0.15, 0.2) is 4.34 Å². The van der Waals surface area contributed by atoms with Crippen LogP contribution in [0.1, 0.15) is 0 Å². The zero-order chi connectivity index (χ0) is 15.4. The van der Waals surface area contributed by atoms with Crippen LogP contribution < -0.4 is 5.32 Å². The maximum Gasteiger partial charge on any atom is 0.206 e. The van der Waals surface area contributed by atoms with E-state index in [1.165, 1.54) is 41.6 Å². The quantitative estimate of drug-likeness (QED) is 0.548. The fourth-order valence-corrected chi connectivity index (χ4v) is 3.52. The summed E-state index contributed by atoms with van der Waals surface area (Å²) in [5, 5.41) is 13.3. The average Bonchev–Trinajstić information content (AvgIpc) is 2.96. The van der Waals surface area contributed by atoms with E-state index in [1.807, 2.05) is 0 Å². The van der Waals surface area contributed by atoms with Crippen LogP contribution in [-0.2, 0) is 4.74 Å². The number of aromatic nitrogens is 4. The number of benzene rings is 1. The van der Waals surface area contributed by atoms with Gasteiger partial charge in [-0.2, -0.15) is 0 Å². The molecular weight excluding hydrogens is 325 g/mol. The van der Waals surface area contributed by atoms with Crippen LogP contribution in [0.15, 0.2) is 33.9 Å². The van der Waals surface area contributed by atoms with Crippen LogP contribution in [0.4, 0.5) is 9.52 Å². The zero-order valence-corrected chi connectivity index (χ0v) is 13.2. The summed E-state index contributed by atoms with van der Waals surface area (Å²) < 4.78 is 19.1. The first-order valence-corrected chi connectivity index (χ1v) is 8.04. The average molecular weight is 337 g/mol. The molecule has 3 rings (SSSR count). The second kappa shape index (κ2) is 6.95. The fourth-order valence-electron chi connectivity index (χ4n) is 1.75. The van der Waals surface area contributed by atoms with E-state index in [0.29, 0.717) is 34.2 Å². The number of hydrogen-bond donors (Lipinski definition) is 1. The van der Waals surface area contributed by atoms with E-state index in [0.717, 1.165) is 4.34 Å². The summed E-state index contributed by atoms with van der Waals surface area (Å²) in [4.78, 5) is 8.34. The van der Waals surface area contributed by atoms with Crippen molar-refractivity contribution in [3.8, 4) is 0 Å². The molecule has 0 aliphatic carbocycles. The molecule has 0 aliphatic rings. The summed E-state index contributed by atoms with van der Waals surface area (Å²) in [5.74, 6) is -0.316. The molecule has 1 N–H and O–H groups in total. The van der Waals surface area contributed by atoms with E-state index < -0.39 is 0 Å². The van der Waals surface area contributed by atoms with Crippen molar-refractivity contribution in [1.29, 1.82) is 0 Å². The van der Waals surface area contributed by atoms with E-state index in [1.54, 1.807) is 13.2 Å². The summed E-state index contributed by atoms with van der Waals surface area (Å²) in [5.41, 5.74) is 0.696. The van der Waals surface area contributed by atoms with Gasteiger partial charge in [0, 0.05) is 19.0 Å². The molecular formula is C13H12FN5OS2. The third-order valence-electron chi connectivity index (χ3n) is 2.73. The van der Waals surface area contributed by atoms with Crippen LogP contribution in [0.25, 0.3) is 10.9 Å². The standard InChI is InChI=1S/C13H12FN5OS2/c1-20-5-4-15-12-18-19-13(22-12)21-11-9-6-8(14)2-3-10(9)16-7-17-11/h2-3,6-7H,4-5H2,1H3,(H,15,18). The Kier molecular flexibility index (Phi) is 4.76. The van der Waals surface area contributed by atoms with E-state index in [9.17, 15) is 4.39 Å². The highest BCUT2D eigenvalue weighted by molar-refractivity contribution is 8.01. The van der Waals surface area contributed by atoms with Crippen LogP contribution in [0.5, 0.6) is 0 Å². The predicted molar refractivity (Wildman–Crippen MR) is 83.9 cm³/mol. The van der Waals surface area contributed by atoms with E-state index >= 15 is 0 Å². The highest BCUT2D eigenvalue weighted by Crippen LogP contribution is 2.34. The SMILES string of the molecule is COCCNc1nnc(Sc2ncnc3ccc(F)cc23)s1. The number of nitrogens with zero attached hydrogens (tertiary/aromatic N) is 4. The minimum Gasteiger partial charge on any atom is -0.383 e. The van der Waals surface area contributed by atoms with Gasteiger partial charge in [0.25, 0.3) is 0 Å². The molecule has 0 aliphatic heterocycles. The van der Waals surface area contributed by atoms with Crippen molar-refractivity contribution < 1.29 is 9.13 Å². The summed E-state index contributed by atoms with van der Waals surface area (Å²) in [6, 6.07) is 4.44. The molecule has 9 heteroatoms. The van der Waals surface area contributed by atoms with Gasteiger partial charge in [-0.25, -0.2) is 14.4 Å². The van der Waals surface area contributed by atoms with Crippen molar-refractivity contribution in [2.75, 3.05) is 25.6 Å². The minimum absolute atomic E-state index is 0.316. The van der Waals surface area contributed by atoms with Gasteiger partial charge in [-0.3, -0.25) is 0 Å². The van der Waals surface area contributed by atoms with Gasteiger partial charge >= 0.3 is 0 Å². The molecule has 22 heavy (non-hydrogen) atoms. The first-order valence-electron chi connectivity index (χ1n) is 6.40. The molecule has 0 radical (unpaired) electrons. The smallest absolute Gasteiger partial charge is 0.206 e. The van der Waals surface area contributed by atoms with Gasteiger partial charge < -0.3 is 10.1 Å². The summed E-state index contributed by atoms with van der Waals surface area (Å²) >= 11 is 2.75. The van der Waals surface area contributed by atoms with Gasteiger partial charge in [0.1, 0.15) is 17.2 Å². The van der Waals surface area contributed by atoms with Crippen LogP contribution in [0.3, 0.4) is 0 Å². The fraction of sp³-hybridized carbons (Fsp3) is 0.231. The molecule has 0 saturated carbocycles. The van der Waals surface area contributed by atoms with E-state index in [2.05, 4.69) is 25.5 Å². The number of anilines is 1. The first-order chi connectivity index (χ1) is 10.8. The van der Waals surface area contributed by atoms with Gasteiger partial charge in [0.05, 0.1) is 12.1 Å². The lowest BCUT2D eigenvalue weighted by atomic mass is 10.2. The van der Waals surface area contributed by atoms with Crippen LogP contribution in [-0.4, -0.2) is 40.4 Å². The number of hydrogen-bond acceptors (Lipinski definition) is 8. The molecule has 2 aromatic heterocycles. The van der Waals surface area contributed by atoms with E-state index in [4.69, 9.17) is 4.74 Å². The molecule has 0 saturated heterocycles. The molecule has 0 fully saturated rings. The molecule has 0 atom stereocenters. The van der Waals surface area contributed by atoms with Crippen molar-refractivity contribution in [2.24, 2.45) is 0 Å². The number of rotatable bonds is 6. The van der Waals surface area contributed by atoms with Crippen molar-refractivity contribution in [3.05, 3.63) is 30.3 Å². The van der Waals surface area contributed by atoms with Gasteiger partial charge in [-0.05, 0) is 30.0 Å². The predicted octanol–water partition coefficient (Wildman–Crippen LogP) is 2.83. The molecule has 0 amide bonds. The Morgan fingerprint density at radius 3 is 3.09 bits per heavy atom. The Bertz CT molecular complexity index is 782. The van der Waals surface area contributed by atoms with Crippen LogP contribution >= 0.6 is 23.1 Å². The largest absolute Gasteiger partial charge is 0.383 e. The van der Waals surface area contributed by atoms with E-state index in [-0.39, 0.29) is 5.82 Å². The number of halogens is 1. The topological polar surface area (TPSA) is 72.8 Å². The molecule has 1 aromatic carbocycles. The number of fused-ring (bicyclic) bond motifs is 1. The second-order valence-corrected chi connectivity index (χ2v) is 6.45. The van der Waals surface area contributed by atoms with Gasteiger partial charge in [-0.15, -0.1) is 10.2 Å². The maximum absolute atomic E-state index is 13.4. The highest BCUT2D eigenvalue weighted by atomic mass is 32.2. The van der Waals surface area contributed by atoms with Crippen molar-refractivity contribution in [3.63, 3.8) is 0 Å². The molecule has 6 nitrogen and oxygen atoms in total. The molecule has 0 bridgehead atoms. The summed E-state index contributed by atoms with van der Waals surface area (Å²) in [6.07, 6.45) is 1.46. The normalized spacial score (nSPS) is 11.0. The first kappa shape index (κ1) is 15.1. The third kappa shape index (κ3) is 3.49. The number of methoxy groups -OCH3 is 1. The van der Waals surface area contributed by atoms with Crippen LogP contribution in [0.2, 0.25) is 0 Å². The Hall–Kier alpha value is -1.84. The lowest BCUT2D eigenvalue weighted by Crippen LogP contribution is -2.06. The summed E-state index contributed by atoms with van der Waals surface area (Å²) in [6.45, 7) is 1.26. The molecule has 0 unspecified atom stereocenters. The third-order valence-corrected chi connectivity index (χ3v) is 4.68. The van der Waals surface area contributed by atoms with Gasteiger partial charge in [-0.1, -0.05) is 11.3 Å². The Balaban J connectivity index is 1.80. The zero-order valence-electron chi connectivity index (χ0n) is 11.6. The Morgan fingerprint density at radius 1 is 1.32 bits per heavy atom. The van der Waals surface area contributed by atoms with Crippen LogP contribution in [0, 0.1) is 5.82 Å². The maximum atomic E-state index is 13.4. The highest BCUT2D eigenvalue weighted by Gasteiger charge is 2.11. The lowest BCUT2D eigenvalue weighted by molar-refractivity contribution is 0.211. The minimum atomic E-state index is -0.316. The molecule has 3 aromatic rings. The lowest BCUT2D eigenvalue weighted by Gasteiger charge is -2.02. The Labute approximate surface area is 134 Å².